The highest BCUT2D eigenvalue weighted by molar-refractivity contribution is 5.48. The third kappa shape index (κ3) is 6.42. The minimum absolute atomic E-state index is 0.361. The molecule has 0 saturated carbocycles. The van der Waals surface area contributed by atoms with Gasteiger partial charge in [0.2, 0.25) is 0 Å². The maximum absolute atomic E-state index is 11.6. The molecule has 5 nitrogen and oxygen atoms in total. The number of methoxy groups -OCH3 is 1. The number of aliphatic hydroxyl groups is 2. The Morgan fingerprint density at radius 3 is 2.70 bits per heavy atom. The lowest BCUT2D eigenvalue weighted by molar-refractivity contribution is 0.0415. The molecule has 128 valence electrons. The number of aliphatic hydroxyl groups excluding tert-OH is 2. The van der Waals surface area contributed by atoms with Crippen LogP contribution in [0.1, 0.15) is 43.9 Å². The molecule has 1 aromatic rings. The van der Waals surface area contributed by atoms with Crippen molar-refractivity contribution in [3.63, 3.8) is 0 Å². The quantitative estimate of drug-likeness (QED) is 0.540. The van der Waals surface area contributed by atoms with Gasteiger partial charge in [0.05, 0.1) is 24.9 Å². The molecule has 2 N–H and O–H groups in total. The standard InChI is InChI=1S/C18H26O5/c1-4-5-6-10-15(19)16(20)11-8-7-9-14-12-17(22-3)13(2)18(21)23-14/h7-9,11-12,15-16,19-20H,4-6,10H2,1-3H3/b9-7+,11-8+/t15-,16+/m0/s1. The molecule has 0 aliphatic carbocycles. The topological polar surface area (TPSA) is 79.9 Å². The zero-order chi connectivity index (χ0) is 17.2. The van der Waals surface area contributed by atoms with Crippen molar-refractivity contribution < 1.29 is 19.4 Å². The molecular formula is C18H26O5. The van der Waals surface area contributed by atoms with E-state index < -0.39 is 17.8 Å². The summed E-state index contributed by atoms with van der Waals surface area (Å²) < 4.78 is 10.2. The van der Waals surface area contributed by atoms with Gasteiger partial charge in [0.1, 0.15) is 11.5 Å². The van der Waals surface area contributed by atoms with Crippen molar-refractivity contribution in [2.75, 3.05) is 7.11 Å². The van der Waals surface area contributed by atoms with Crippen LogP contribution in [-0.2, 0) is 0 Å². The van der Waals surface area contributed by atoms with E-state index in [0.29, 0.717) is 23.5 Å². The van der Waals surface area contributed by atoms with Crippen LogP contribution in [0.4, 0.5) is 0 Å². The molecule has 5 heteroatoms. The number of ether oxygens (including phenoxy) is 1. The largest absolute Gasteiger partial charge is 0.496 e. The van der Waals surface area contributed by atoms with Crippen molar-refractivity contribution in [3.8, 4) is 5.75 Å². The van der Waals surface area contributed by atoms with Gasteiger partial charge in [0, 0.05) is 6.07 Å². The molecule has 0 bridgehead atoms. The number of unbranched alkanes of at least 4 members (excludes halogenated alkanes) is 2. The van der Waals surface area contributed by atoms with Gasteiger partial charge in [-0.05, 0) is 19.4 Å². The van der Waals surface area contributed by atoms with Crippen LogP contribution in [0.3, 0.4) is 0 Å². The first-order chi connectivity index (χ1) is 11.0. The van der Waals surface area contributed by atoms with Crippen LogP contribution >= 0.6 is 0 Å². The number of allylic oxidation sites excluding steroid dienone is 2. The molecule has 0 aliphatic heterocycles. The summed E-state index contributed by atoms with van der Waals surface area (Å²) >= 11 is 0. The number of rotatable bonds is 9. The first-order valence-corrected chi connectivity index (χ1v) is 7.89. The Hall–Kier alpha value is -1.85. The molecule has 0 saturated heterocycles. The monoisotopic (exact) mass is 322 g/mol. The summed E-state index contributed by atoms with van der Waals surface area (Å²) in [5.41, 5.74) is -0.0230. The molecule has 0 unspecified atom stereocenters. The highest BCUT2D eigenvalue weighted by Crippen LogP contribution is 2.16. The van der Waals surface area contributed by atoms with E-state index in [0.717, 1.165) is 19.3 Å². The van der Waals surface area contributed by atoms with Crippen molar-refractivity contribution in [3.05, 3.63) is 46.0 Å². The molecule has 0 amide bonds. The van der Waals surface area contributed by atoms with Gasteiger partial charge in [-0.2, -0.15) is 0 Å². The highest BCUT2D eigenvalue weighted by atomic mass is 16.5. The van der Waals surface area contributed by atoms with Crippen molar-refractivity contribution >= 4 is 6.08 Å². The molecule has 1 heterocycles. The summed E-state index contributed by atoms with van der Waals surface area (Å²) in [5, 5.41) is 19.6. The first-order valence-electron chi connectivity index (χ1n) is 7.89. The minimum Gasteiger partial charge on any atom is -0.496 e. The summed E-state index contributed by atoms with van der Waals surface area (Å²) in [6, 6.07) is 1.62. The van der Waals surface area contributed by atoms with Crippen LogP contribution < -0.4 is 10.4 Å². The lowest BCUT2D eigenvalue weighted by Gasteiger charge is -2.13. The SMILES string of the molecule is CCCCC[C@H](O)[C@H](O)/C=C/C=C/c1cc(OC)c(C)c(=O)o1. The van der Waals surface area contributed by atoms with E-state index in [-0.39, 0.29) is 0 Å². The van der Waals surface area contributed by atoms with Crippen LogP contribution in [0, 0.1) is 6.92 Å². The van der Waals surface area contributed by atoms with Crippen LogP contribution in [0.2, 0.25) is 0 Å². The Labute approximate surface area is 136 Å². The van der Waals surface area contributed by atoms with E-state index in [1.807, 2.05) is 0 Å². The Kier molecular flexibility index (Phi) is 8.37. The second-order valence-electron chi connectivity index (χ2n) is 5.43. The van der Waals surface area contributed by atoms with E-state index in [1.54, 1.807) is 31.2 Å². The zero-order valence-corrected chi connectivity index (χ0v) is 14.0. The van der Waals surface area contributed by atoms with E-state index in [9.17, 15) is 15.0 Å². The predicted molar refractivity (Wildman–Crippen MR) is 90.6 cm³/mol. The van der Waals surface area contributed by atoms with Crippen LogP contribution in [0.5, 0.6) is 5.75 Å². The van der Waals surface area contributed by atoms with Gasteiger partial charge >= 0.3 is 5.63 Å². The lowest BCUT2D eigenvalue weighted by Crippen LogP contribution is -2.23. The van der Waals surface area contributed by atoms with E-state index >= 15 is 0 Å². The van der Waals surface area contributed by atoms with E-state index in [2.05, 4.69) is 6.92 Å². The Morgan fingerprint density at radius 1 is 1.30 bits per heavy atom. The molecule has 2 atom stereocenters. The van der Waals surface area contributed by atoms with E-state index in [1.165, 1.54) is 13.2 Å². The van der Waals surface area contributed by atoms with Gasteiger partial charge < -0.3 is 19.4 Å². The molecule has 23 heavy (non-hydrogen) atoms. The van der Waals surface area contributed by atoms with Gasteiger partial charge in [-0.25, -0.2) is 4.79 Å². The normalized spacial score (nSPS) is 14.5. The van der Waals surface area contributed by atoms with Crippen molar-refractivity contribution in [2.24, 2.45) is 0 Å². The van der Waals surface area contributed by atoms with Gasteiger partial charge in [-0.1, -0.05) is 44.4 Å². The van der Waals surface area contributed by atoms with Crippen molar-refractivity contribution in [2.45, 2.75) is 51.7 Å². The molecular weight excluding hydrogens is 296 g/mol. The summed E-state index contributed by atoms with van der Waals surface area (Å²) in [6.45, 7) is 3.72. The van der Waals surface area contributed by atoms with Crippen LogP contribution in [-0.4, -0.2) is 29.5 Å². The summed E-state index contributed by atoms with van der Waals surface area (Å²) in [7, 11) is 1.49. The smallest absolute Gasteiger partial charge is 0.342 e. The van der Waals surface area contributed by atoms with Crippen LogP contribution in [0.25, 0.3) is 6.08 Å². The first kappa shape index (κ1) is 19.2. The Balaban J connectivity index is 2.61. The summed E-state index contributed by atoms with van der Waals surface area (Å²) in [6.07, 6.45) is 8.27. The maximum atomic E-state index is 11.6. The molecule has 1 aromatic heterocycles. The third-order valence-electron chi connectivity index (χ3n) is 3.56. The average Bonchev–Trinajstić information content (AvgIpc) is 2.54. The average molecular weight is 322 g/mol. The maximum Gasteiger partial charge on any atom is 0.342 e. The third-order valence-corrected chi connectivity index (χ3v) is 3.56. The fourth-order valence-corrected chi connectivity index (χ4v) is 2.08. The molecule has 0 fully saturated rings. The molecule has 0 aromatic carbocycles. The molecule has 0 radical (unpaired) electrons. The second kappa shape index (κ2) is 10.0. The molecule has 0 aliphatic rings. The number of hydrogen-bond acceptors (Lipinski definition) is 5. The van der Waals surface area contributed by atoms with Crippen molar-refractivity contribution in [1.82, 2.24) is 0 Å². The zero-order valence-electron chi connectivity index (χ0n) is 14.0. The fraction of sp³-hybridized carbons (Fsp3) is 0.500. The van der Waals surface area contributed by atoms with Gasteiger partial charge in [-0.3, -0.25) is 0 Å². The highest BCUT2D eigenvalue weighted by Gasteiger charge is 2.11. The second-order valence-corrected chi connectivity index (χ2v) is 5.43. The Bertz CT molecular complexity index is 586. The lowest BCUT2D eigenvalue weighted by atomic mass is 10.1. The summed E-state index contributed by atoms with van der Waals surface area (Å²) in [4.78, 5) is 11.6. The van der Waals surface area contributed by atoms with Crippen LogP contribution in [0.15, 0.2) is 33.5 Å². The predicted octanol–water partition coefficient (Wildman–Crippen LogP) is 2.83. The fourth-order valence-electron chi connectivity index (χ4n) is 2.08. The Morgan fingerprint density at radius 2 is 2.04 bits per heavy atom. The minimum atomic E-state index is -0.906. The number of hydrogen-bond donors (Lipinski definition) is 2. The van der Waals surface area contributed by atoms with Gasteiger partial charge in [0.15, 0.2) is 0 Å². The van der Waals surface area contributed by atoms with Gasteiger partial charge in [-0.15, -0.1) is 0 Å². The summed E-state index contributed by atoms with van der Waals surface area (Å²) in [5.74, 6) is 0.830. The molecule has 0 spiro atoms. The van der Waals surface area contributed by atoms with Gasteiger partial charge in [0.25, 0.3) is 0 Å². The molecule has 1 rings (SSSR count). The van der Waals surface area contributed by atoms with Crippen molar-refractivity contribution in [1.29, 1.82) is 0 Å². The van der Waals surface area contributed by atoms with E-state index in [4.69, 9.17) is 9.15 Å².